The summed E-state index contributed by atoms with van der Waals surface area (Å²) in [5.41, 5.74) is 2.72. The van der Waals surface area contributed by atoms with Gasteiger partial charge in [0.25, 0.3) is 0 Å². The Bertz CT molecular complexity index is 695. The Morgan fingerprint density at radius 2 is 1.95 bits per heavy atom. The van der Waals surface area contributed by atoms with Crippen molar-refractivity contribution in [2.75, 3.05) is 0 Å². The van der Waals surface area contributed by atoms with Crippen LogP contribution in [-0.4, -0.2) is 11.6 Å². The third-order valence-electron chi connectivity index (χ3n) is 3.17. The van der Waals surface area contributed by atoms with Crippen molar-refractivity contribution in [2.24, 2.45) is 0 Å². The van der Waals surface area contributed by atoms with Gasteiger partial charge in [-0.1, -0.05) is 35.9 Å². The summed E-state index contributed by atoms with van der Waals surface area (Å²) in [5, 5.41) is -0.154. The highest BCUT2D eigenvalue weighted by Crippen LogP contribution is 2.41. The molecule has 0 unspecified atom stereocenters. The van der Waals surface area contributed by atoms with E-state index >= 15 is 0 Å². The fourth-order valence-corrected chi connectivity index (χ4v) is 2.53. The van der Waals surface area contributed by atoms with E-state index in [2.05, 4.69) is 6.58 Å². The van der Waals surface area contributed by atoms with Crippen LogP contribution in [0, 0.1) is 0 Å². The summed E-state index contributed by atoms with van der Waals surface area (Å²) in [4.78, 5) is 23.7. The van der Waals surface area contributed by atoms with Crippen LogP contribution in [0.3, 0.4) is 0 Å². The third kappa shape index (κ3) is 1.59. The van der Waals surface area contributed by atoms with Crippen LogP contribution >= 0.6 is 11.6 Å². The molecule has 0 radical (unpaired) electrons. The number of halogens is 1. The Morgan fingerprint density at radius 1 is 1.21 bits per heavy atom. The zero-order chi connectivity index (χ0) is 13.6. The minimum Gasteiger partial charge on any atom is -0.462 e. The maximum absolute atomic E-state index is 12.0. The predicted molar refractivity (Wildman–Crippen MR) is 72.4 cm³/mol. The van der Waals surface area contributed by atoms with E-state index in [1.807, 2.05) is 6.07 Å². The molecule has 1 aliphatic carbocycles. The quantitative estimate of drug-likeness (QED) is 0.613. The van der Waals surface area contributed by atoms with Gasteiger partial charge >= 0.3 is 0 Å². The molecule has 0 saturated carbocycles. The van der Waals surface area contributed by atoms with Gasteiger partial charge in [0.1, 0.15) is 5.03 Å². The van der Waals surface area contributed by atoms with Crippen LogP contribution in [0.25, 0.3) is 11.3 Å². The summed E-state index contributed by atoms with van der Waals surface area (Å²) in [6.07, 6.45) is 3.92. The van der Waals surface area contributed by atoms with Crippen LogP contribution < -0.4 is 0 Å². The molecule has 2 aliphatic rings. The lowest BCUT2D eigenvalue weighted by molar-refractivity contribution is -0.111. The third-order valence-corrected chi connectivity index (χ3v) is 3.51. The minimum absolute atomic E-state index is 0.154. The molecule has 0 saturated heterocycles. The normalized spacial score (nSPS) is 16.8. The molecule has 0 aromatic heterocycles. The second-order valence-electron chi connectivity index (χ2n) is 4.28. The fraction of sp³-hybridized carbons (Fsp3) is 0.0667. The van der Waals surface area contributed by atoms with Crippen LogP contribution in [0.4, 0.5) is 0 Å². The topological polar surface area (TPSA) is 43.4 Å². The molecule has 1 aromatic carbocycles. The Labute approximate surface area is 114 Å². The number of hydrogen-bond donors (Lipinski definition) is 0. The van der Waals surface area contributed by atoms with Crippen molar-refractivity contribution in [2.45, 2.75) is 6.42 Å². The van der Waals surface area contributed by atoms with Gasteiger partial charge in [-0.15, -0.1) is 6.58 Å². The molecule has 94 valence electrons. The van der Waals surface area contributed by atoms with Crippen molar-refractivity contribution in [3.05, 3.63) is 58.8 Å². The van der Waals surface area contributed by atoms with Gasteiger partial charge < -0.3 is 4.74 Å². The van der Waals surface area contributed by atoms with Crippen LogP contribution in [0.2, 0.25) is 0 Å². The summed E-state index contributed by atoms with van der Waals surface area (Å²) in [5.74, 6) is -1.04. The van der Waals surface area contributed by atoms with Gasteiger partial charge in [0.05, 0.1) is 6.26 Å². The zero-order valence-electron chi connectivity index (χ0n) is 9.90. The van der Waals surface area contributed by atoms with E-state index in [-0.39, 0.29) is 10.8 Å². The fourth-order valence-electron chi connectivity index (χ4n) is 2.31. The molecule has 19 heavy (non-hydrogen) atoms. The molecule has 0 bridgehead atoms. The Morgan fingerprint density at radius 3 is 2.68 bits per heavy atom. The van der Waals surface area contributed by atoms with Gasteiger partial charge in [-0.2, -0.15) is 0 Å². The summed E-state index contributed by atoms with van der Waals surface area (Å²) in [7, 11) is 0. The molecule has 0 spiro atoms. The number of ketones is 2. The average Bonchev–Trinajstić information content (AvgIpc) is 2.44. The molecule has 1 aromatic rings. The number of carbonyl (C=O) groups excluding carboxylic acids is 2. The molecule has 1 aliphatic heterocycles. The van der Waals surface area contributed by atoms with Crippen molar-refractivity contribution >= 4 is 34.5 Å². The first kappa shape index (κ1) is 11.9. The number of Topliss-reactive ketones (excluding diaryl/α,β-unsaturated/α-hetero) is 2. The maximum atomic E-state index is 12.0. The average molecular weight is 273 g/mol. The van der Waals surface area contributed by atoms with Gasteiger partial charge in [0.2, 0.25) is 11.6 Å². The maximum Gasteiger partial charge on any atom is 0.248 e. The molecule has 3 nitrogen and oxygen atoms in total. The Hall–Kier alpha value is -2.13. The molecule has 3 rings (SSSR count). The first-order valence-corrected chi connectivity index (χ1v) is 6.12. The summed E-state index contributed by atoms with van der Waals surface area (Å²) >= 11 is 5.92. The minimum atomic E-state index is -0.720. The number of rotatable bonds is 2. The lowest BCUT2D eigenvalue weighted by atomic mass is 9.85. The molecular weight excluding hydrogens is 264 g/mol. The second-order valence-corrected chi connectivity index (χ2v) is 4.66. The van der Waals surface area contributed by atoms with Crippen molar-refractivity contribution in [1.82, 2.24) is 0 Å². The molecule has 4 heteroatoms. The molecule has 0 amide bonds. The number of benzene rings is 1. The first-order chi connectivity index (χ1) is 9.15. The van der Waals surface area contributed by atoms with Crippen molar-refractivity contribution in [1.29, 1.82) is 0 Å². The molecule has 0 atom stereocenters. The van der Waals surface area contributed by atoms with Crippen molar-refractivity contribution in [3.63, 3.8) is 0 Å². The largest absolute Gasteiger partial charge is 0.462 e. The highest BCUT2D eigenvalue weighted by atomic mass is 35.5. The summed E-state index contributed by atoms with van der Waals surface area (Å²) in [6.45, 7) is 3.69. The Kier molecular flexibility index (Phi) is 2.64. The SMILES string of the molecule is C=CCC1=COC2=C(Cl)C(=O)C(=O)c3cccc1c32. The molecule has 0 fully saturated rings. The van der Waals surface area contributed by atoms with E-state index in [1.54, 1.807) is 24.5 Å². The highest BCUT2D eigenvalue weighted by Gasteiger charge is 2.36. The van der Waals surface area contributed by atoms with E-state index < -0.39 is 11.6 Å². The number of hydrogen-bond acceptors (Lipinski definition) is 3. The smallest absolute Gasteiger partial charge is 0.248 e. The monoisotopic (exact) mass is 272 g/mol. The standard InChI is InChI=1S/C15H9ClO3/c1-2-4-8-7-19-15-11-9(8)5-3-6-10(11)13(17)14(18)12(15)16/h2-3,5-7H,1,4H2. The van der Waals surface area contributed by atoms with Crippen LogP contribution in [0.1, 0.15) is 27.9 Å². The second kappa shape index (κ2) is 4.21. The van der Waals surface area contributed by atoms with Crippen molar-refractivity contribution in [3.8, 4) is 0 Å². The van der Waals surface area contributed by atoms with Gasteiger partial charge in [0, 0.05) is 11.1 Å². The number of carbonyl (C=O) groups is 2. The molecule has 0 N–H and O–H groups in total. The van der Waals surface area contributed by atoms with Gasteiger partial charge in [0.15, 0.2) is 5.76 Å². The van der Waals surface area contributed by atoms with Gasteiger partial charge in [-0.25, -0.2) is 0 Å². The van der Waals surface area contributed by atoms with Crippen LogP contribution in [0.5, 0.6) is 0 Å². The van der Waals surface area contributed by atoms with Crippen LogP contribution in [0.15, 0.2) is 42.1 Å². The first-order valence-electron chi connectivity index (χ1n) is 5.74. The van der Waals surface area contributed by atoms with E-state index in [1.165, 1.54) is 0 Å². The van der Waals surface area contributed by atoms with E-state index in [0.29, 0.717) is 17.5 Å². The van der Waals surface area contributed by atoms with E-state index in [9.17, 15) is 9.59 Å². The van der Waals surface area contributed by atoms with Crippen molar-refractivity contribution < 1.29 is 14.3 Å². The molecular formula is C15H9ClO3. The zero-order valence-corrected chi connectivity index (χ0v) is 10.7. The Balaban J connectivity index is 2.33. The number of allylic oxidation sites excluding steroid dienone is 3. The van der Waals surface area contributed by atoms with Gasteiger partial charge in [-0.3, -0.25) is 9.59 Å². The highest BCUT2D eigenvalue weighted by molar-refractivity contribution is 6.64. The van der Waals surface area contributed by atoms with E-state index in [4.69, 9.17) is 16.3 Å². The van der Waals surface area contributed by atoms with Gasteiger partial charge in [-0.05, 0) is 17.6 Å². The summed E-state index contributed by atoms with van der Waals surface area (Å²) in [6, 6.07) is 5.24. The lowest BCUT2D eigenvalue weighted by Crippen LogP contribution is -2.24. The van der Waals surface area contributed by atoms with E-state index in [0.717, 1.165) is 11.1 Å². The number of ether oxygens (including phenoxy) is 1. The lowest BCUT2D eigenvalue weighted by Gasteiger charge is -2.25. The summed E-state index contributed by atoms with van der Waals surface area (Å²) < 4.78 is 5.45. The van der Waals surface area contributed by atoms with Crippen LogP contribution in [-0.2, 0) is 9.53 Å². The predicted octanol–water partition coefficient (Wildman–Crippen LogP) is 3.31. The molecule has 1 heterocycles.